The molecular weight excluding hydrogens is 386 g/mol. The topological polar surface area (TPSA) is 119 Å². The van der Waals surface area contributed by atoms with E-state index in [0.29, 0.717) is 5.56 Å². The fraction of sp³-hybridized carbons (Fsp3) is 0.474. The van der Waals surface area contributed by atoms with Crippen LogP contribution in [0.3, 0.4) is 0 Å². The minimum Gasteiger partial charge on any atom is -0.481 e. The maximum Gasteiger partial charge on any atom is 0.348 e. The molecule has 0 aromatic carbocycles. The van der Waals surface area contributed by atoms with E-state index in [2.05, 4.69) is 5.32 Å². The van der Waals surface area contributed by atoms with Crippen LogP contribution in [0.25, 0.3) is 0 Å². The van der Waals surface area contributed by atoms with Crippen molar-refractivity contribution in [3.8, 4) is 0 Å². The average molecular weight is 409 g/mol. The predicted octanol–water partition coefficient (Wildman–Crippen LogP) is 3.02. The van der Waals surface area contributed by atoms with Gasteiger partial charge in [0.15, 0.2) is 0 Å². The standard InChI is InChI=1S/C19H23NO7S/c1-4-26-18(24)13-10(3)14(19(25)27-5-2)28-16(13)20-15(21)11-8-6-7-9-12(11)17(22)23/h6-7,11-12H,4-5,8-9H2,1-3H3,(H,20,21)(H,22,23)/t11-,12+/m0/s1. The van der Waals surface area contributed by atoms with Gasteiger partial charge in [0.25, 0.3) is 0 Å². The summed E-state index contributed by atoms with van der Waals surface area (Å²) in [7, 11) is 0. The lowest BCUT2D eigenvalue weighted by molar-refractivity contribution is -0.146. The fourth-order valence-electron chi connectivity index (χ4n) is 3.02. The van der Waals surface area contributed by atoms with Crippen LogP contribution in [0, 0.1) is 18.8 Å². The lowest BCUT2D eigenvalue weighted by Gasteiger charge is -2.24. The number of carboxylic acids is 1. The molecule has 8 nitrogen and oxygen atoms in total. The number of amides is 1. The molecule has 0 saturated carbocycles. The number of carbonyl (C=O) groups is 4. The largest absolute Gasteiger partial charge is 0.481 e. The molecule has 2 rings (SSSR count). The van der Waals surface area contributed by atoms with Gasteiger partial charge in [0.2, 0.25) is 5.91 Å². The molecule has 1 aliphatic rings. The second-order valence-electron chi connectivity index (χ2n) is 6.18. The Kier molecular flexibility index (Phi) is 7.33. The normalized spacial score (nSPS) is 18.4. The predicted molar refractivity (Wildman–Crippen MR) is 103 cm³/mol. The van der Waals surface area contributed by atoms with Crippen molar-refractivity contribution in [1.29, 1.82) is 0 Å². The van der Waals surface area contributed by atoms with Crippen molar-refractivity contribution in [2.75, 3.05) is 18.5 Å². The van der Waals surface area contributed by atoms with Gasteiger partial charge < -0.3 is 19.9 Å². The first-order chi connectivity index (χ1) is 13.3. The summed E-state index contributed by atoms with van der Waals surface area (Å²) in [6.45, 7) is 5.19. The Morgan fingerprint density at radius 3 is 2.21 bits per heavy atom. The SMILES string of the molecule is CCOC(=O)c1sc(NC(=O)[C@H]2CC=CC[C@H]2C(=O)O)c(C(=O)OCC)c1C. The van der Waals surface area contributed by atoms with Crippen molar-refractivity contribution in [3.63, 3.8) is 0 Å². The molecule has 0 aliphatic heterocycles. The number of hydrogen-bond donors (Lipinski definition) is 2. The summed E-state index contributed by atoms with van der Waals surface area (Å²) in [5.41, 5.74) is 0.442. The summed E-state index contributed by atoms with van der Waals surface area (Å²) >= 11 is 0.918. The third kappa shape index (κ3) is 4.59. The second kappa shape index (κ2) is 9.50. The lowest BCUT2D eigenvalue weighted by atomic mass is 9.82. The van der Waals surface area contributed by atoms with Crippen molar-refractivity contribution >= 4 is 40.2 Å². The van der Waals surface area contributed by atoms with Gasteiger partial charge in [-0.05, 0) is 39.2 Å². The van der Waals surface area contributed by atoms with Gasteiger partial charge in [-0.15, -0.1) is 11.3 Å². The molecule has 1 aromatic rings. The van der Waals surface area contributed by atoms with E-state index in [4.69, 9.17) is 9.47 Å². The van der Waals surface area contributed by atoms with E-state index in [1.165, 1.54) is 0 Å². The molecular formula is C19H23NO7S. The van der Waals surface area contributed by atoms with Crippen LogP contribution in [-0.4, -0.2) is 42.1 Å². The maximum absolute atomic E-state index is 12.8. The van der Waals surface area contributed by atoms with Crippen molar-refractivity contribution < 1.29 is 33.8 Å². The Labute approximate surface area is 166 Å². The van der Waals surface area contributed by atoms with Crippen LogP contribution in [-0.2, 0) is 19.1 Å². The summed E-state index contributed by atoms with van der Waals surface area (Å²) in [6, 6.07) is 0. The summed E-state index contributed by atoms with van der Waals surface area (Å²) in [5, 5.41) is 12.2. The molecule has 0 unspecified atom stereocenters. The van der Waals surface area contributed by atoms with Crippen molar-refractivity contribution in [3.05, 3.63) is 28.2 Å². The van der Waals surface area contributed by atoms with Crippen LogP contribution in [0.2, 0.25) is 0 Å². The number of hydrogen-bond acceptors (Lipinski definition) is 7. The van der Waals surface area contributed by atoms with E-state index in [9.17, 15) is 24.3 Å². The molecule has 0 spiro atoms. The molecule has 152 valence electrons. The number of allylic oxidation sites excluding steroid dienone is 2. The van der Waals surface area contributed by atoms with E-state index in [0.717, 1.165) is 11.3 Å². The van der Waals surface area contributed by atoms with Crippen molar-refractivity contribution in [1.82, 2.24) is 0 Å². The number of carboxylic acid groups (broad SMARTS) is 1. The summed E-state index contributed by atoms with van der Waals surface area (Å²) in [4.78, 5) is 49.0. The van der Waals surface area contributed by atoms with E-state index in [1.807, 2.05) is 0 Å². The minimum absolute atomic E-state index is 0.0847. The number of rotatable bonds is 7. The smallest absolute Gasteiger partial charge is 0.348 e. The van der Waals surface area contributed by atoms with E-state index in [-0.39, 0.29) is 41.5 Å². The zero-order chi connectivity index (χ0) is 20.8. The van der Waals surface area contributed by atoms with Gasteiger partial charge >= 0.3 is 17.9 Å². The molecule has 1 aromatic heterocycles. The molecule has 28 heavy (non-hydrogen) atoms. The molecule has 0 fully saturated rings. The Morgan fingerprint density at radius 2 is 1.64 bits per heavy atom. The quantitative estimate of drug-likeness (QED) is 0.525. The first kappa shape index (κ1) is 21.6. The Balaban J connectivity index is 2.37. The fourth-order valence-corrected chi connectivity index (χ4v) is 4.12. The molecule has 1 heterocycles. The van der Waals surface area contributed by atoms with Crippen molar-refractivity contribution in [2.24, 2.45) is 11.8 Å². The Bertz CT molecular complexity index is 811. The highest BCUT2D eigenvalue weighted by Gasteiger charge is 2.35. The molecule has 0 saturated heterocycles. The molecule has 1 aliphatic carbocycles. The third-order valence-corrected chi connectivity index (χ3v) is 5.60. The van der Waals surface area contributed by atoms with Crippen LogP contribution in [0.4, 0.5) is 5.00 Å². The third-order valence-electron chi connectivity index (χ3n) is 4.41. The van der Waals surface area contributed by atoms with Crippen LogP contribution >= 0.6 is 11.3 Å². The highest BCUT2D eigenvalue weighted by atomic mass is 32.1. The molecule has 9 heteroatoms. The van der Waals surface area contributed by atoms with Crippen LogP contribution in [0.15, 0.2) is 12.2 Å². The lowest BCUT2D eigenvalue weighted by Crippen LogP contribution is -2.34. The number of esters is 2. The minimum atomic E-state index is -1.05. The zero-order valence-corrected chi connectivity index (χ0v) is 16.8. The molecule has 1 amide bonds. The van der Waals surface area contributed by atoms with Crippen molar-refractivity contribution in [2.45, 2.75) is 33.6 Å². The first-order valence-corrected chi connectivity index (χ1v) is 9.79. The highest BCUT2D eigenvalue weighted by Crippen LogP contribution is 2.36. The molecule has 2 N–H and O–H groups in total. The van der Waals surface area contributed by atoms with Crippen LogP contribution in [0.5, 0.6) is 0 Å². The van der Waals surface area contributed by atoms with Crippen LogP contribution in [0.1, 0.15) is 52.3 Å². The first-order valence-electron chi connectivity index (χ1n) is 8.98. The number of thiophene rings is 1. The summed E-state index contributed by atoms with van der Waals surface area (Å²) in [6.07, 6.45) is 4.04. The second-order valence-corrected chi connectivity index (χ2v) is 7.21. The van der Waals surface area contributed by atoms with Gasteiger partial charge in [0.1, 0.15) is 9.88 Å². The number of anilines is 1. The summed E-state index contributed by atoms with van der Waals surface area (Å²) in [5.74, 6) is -4.45. The summed E-state index contributed by atoms with van der Waals surface area (Å²) < 4.78 is 10.1. The number of nitrogens with one attached hydrogen (secondary N) is 1. The number of carbonyl (C=O) groups excluding carboxylic acids is 3. The maximum atomic E-state index is 12.8. The number of ether oxygens (including phenoxy) is 2. The van der Waals surface area contributed by atoms with Gasteiger partial charge in [-0.1, -0.05) is 12.2 Å². The van der Waals surface area contributed by atoms with Crippen LogP contribution < -0.4 is 5.32 Å². The highest BCUT2D eigenvalue weighted by molar-refractivity contribution is 7.18. The molecule has 0 radical (unpaired) electrons. The van der Waals surface area contributed by atoms with E-state index in [1.54, 1.807) is 32.9 Å². The monoisotopic (exact) mass is 409 g/mol. The van der Waals surface area contributed by atoms with Gasteiger partial charge in [0, 0.05) is 0 Å². The van der Waals surface area contributed by atoms with E-state index >= 15 is 0 Å². The zero-order valence-electron chi connectivity index (χ0n) is 15.9. The van der Waals surface area contributed by atoms with Gasteiger partial charge in [-0.3, -0.25) is 9.59 Å². The van der Waals surface area contributed by atoms with Gasteiger partial charge in [-0.25, -0.2) is 9.59 Å². The van der Waals surface area contributed by atoms with Gasteiger partial charge in [0.05, 0.1) is 30.6 Å². The van der Waals surface area contributed by atoms with E-state index < -0.39 is 35.7 Å². The number of aliphatic carboxylic acids is 1. The average Bonchev–Trinajstić information content (AvgIpc) is 2.98. The van der Waals surface area contributed by atoms with Gasteiger partial charge in [-0.2, -0.15) is 0 Å². The molecule has 2 atom stereocenters. The molecule has 0 bridgehead atoms. The Morgan fingerprint density at radius 1 is 1.07 bits per heavy atom. The Hall–Kier alpha value is -2.68.